The number of aliphatic hydroxyl groups is 1. The molecule has 7 nitrogen and oxygen atoms in total. The summed E-state index contributed by atoms with van der Waals surface area (Å²) in [5.41, 5.74) is 6.21. The van der Waals surface area contributed by atoms with E-state index in [1.165, 1.54) is 12.6 Å². The van der Waals surface area contributed by atoms with E-state index in [2.05, 4.69) is 42.5 Å². The van der Waals surface area contributed by atoms with Crippen LogP contribution in [0.25, 0.3) is 0 Å². The minimum atomic E-state index is -1.01. The van der Waals surface area contributed by atoms with Gasteiger partial charge in [0.1, 0.15) is 5.75 Å². The number of nitrogens with one attached hydrogen (secondary N) is 1. The van der Waals surface area contributed by atoms with E-state index in [-0.39, 0.29) is 17.9 Å². The molecule has 1 aromatic rings. The zero-order chi connectivity index (χ0) is 28.3. The van der Waals surface area contributed by atoms with Crippen molar-refractivity contribution in [1.82, 2.24) is 10.2 Å². The van der Waals surface area contributed by atoms with E-state index in [9.17, 15) is 14.7 Å². The van der Waals surface area contributed by atoms with Gasteiger partial charge in [0.15, 0.2) is 0 Å². The molecule has 2 aliphatic rings. The number of hydrogen-bond donors (Lipinski definition) is 3. The van der Waals surface area contributed by atoms with Gasteiger partial charge in [-0.2, -0.15) is 0 Å². The lowest BCUT2D eigenvalue weighted by atomic mass is 9.51. The average Bonchev–Trinajstić information content (AvgIpc) is 2.93. The lowest BCUT2D eigenvalue weighted by Gasteiger charge is -2.61. The van der Waals surface area contributed by atoms with Crippen LogP contribution in [0, 0.1) is 12.8 Å². The van der Waals surface area contributed by atoms with Gasteiger partial charge < -0.3 is 15.6 Å². The van der Waals surface area contributed by atoms with Crippen LogP contribution in [0.3, 0.4) is 0 Å². The van der Waals surface area contributed by atoms with Crippen molar-refractivity contribution in [2.75, 3.05) is 27.2 Å². The van der Waals surface area contributed by atoms with Crippen molar-refractivity contribution in [3.05, 3.63) is 65.8 Å². The number of piperidine rings is 1. The highest BCUT2D eigenvalue weighted by Gasteiger charge is 2.61. The van der Waals surface area contributed by atoms with Crippen LogP contribution in [0.15, 0.2) is 54.7 Å². The summed E-state index contributed by atoms with van der Waals surface area (Å²) < 4.78 is 5.55. The third-order valence-electron chi connectivity index (χ3n) is 8.57. The molecule has 1 heterocycles. The van der Waals surface area contributed by atoms with E-state index < -0.39 is 11.0 Å². The van der Waals surface area contributed by atoms with Crippen molar-refractivity contribution in [3.63, 3.8) is 0 Å². The van der Waals surface area contributed by atoms with Gasteiger partial charge in [-0.05, 0) is 108 Å². The van der Waals surface area contributed by atoms with Gasteiger partial charge in [0.25, 0.3) is 0 Å². The highest BCUT2D eigenvalue weighted by molar-refractivity contribution is 5.88. The number of amides is 2. The summed E-state index contributed by atoms with van der Waals surface area (Å²) in [4.78, 5) is 26.1. The lowest BCUT2D eigenvalue weighted by molar-refractivity contribution is -0.167. The number of rotatable bonds is 10. The number of allylic oxidation sites excluding steroid dienone is 5. The number of ether oxygens (including phenoxy) is 1. The fourth-order valence-electron chi connectivity index (χ4n) is 6.48. The van der Waals surface area contributed by atoms with Crippen LogP contribution in [-0.2, 0) is 15.0 Å². The van der Waals surface area contributed by atoms with Gasteiger partial charge in [-0.25, -0.2) is 0 Å². The Morgan fingerprint density at radius 1 is 1.34 bits per heavy atom. The zero-order valence-electron chi connectivity index (χ0n) is 23.8. The molecule has 1 aromatic carbocycles. The Balaban J connectivity index is 0.00000247. The fourth-order valence-corrected chi connectivity index (χ4v) is 6.48. The summed E-state index contributed by atoms with van der Waals surface area (Å²) in [5, 5.41) is 14.9. The molecule has 3 rings (SSSR count). The molecule has 0 spiro atoms. The highest BCUT2D eigenvalue weighted by Crippen LogP contribution is 2.56. The Labute approximate surface area is 228 Å². The van der Waals surface area contributed by atoms with Crippen molar-refractivity contribution in [2.45, 2.75) is 76.4 Å². The quantitative estimate of drug-likeness (QED) is 0.313. The Morgan fingerprint density at radius 3 is 2.71 bits per heavy atom. The summed E-state index contributed by atoms with van der Waals surface area (Å²) in [5.74, 6) is 0.158. The summed E-state index contributed by atoms with van der Waals surface area (Å²) in [6, 6.07) is 5.91. The van der Waals surface area contributed by atoms with E-state index in [1.807, 2.05) is 43.4 Å². The van der Waals surface area contributed by atoms with Crippen LogP contribution in [0.4, 0.5) is 0 Å². The number of benzene rings is 1. The van der Waals surface area contributed by atoms with Gasteiger partial charge >= 0.3 is 0 Å². The molecule has 7 heteroatoms. The van der Waals surface area contributed by atoms with Crippen molar-refractivity contribution in [3.8, 4) is 5.75 Å². The SMILES string of the molecule is C=C/C(=C\C=C/C)CCCN1CCC2(c3cc(OC)ccc3C)CC(C(=O)NC=O)CCC2(O)C1C.CN. The summed E-state index contributed by atoms with van der Waals surface area (Å²) in [6.45, 7) is 11.8. The largest absolute Gasteiger partial charge is 0.497 e. The predicted octanol–water partition coefficient (Wildman–Crippen LogP) is 4.18. The van der Waals surface area contributed by atoms with Crippen LogP contribution in [0.2, 0.25) is 0 Å². The van der Waals surface area contributed by atoms with Gasteiger partial charge in [-0.3, -0.25) is 19.8 Å². The zero-order valence-corrected chi connectivity index (χ0v) is 23.8. The van der Waals surface area contributed by atoms with Gasteiger partial charge in [0, 0.05) is 17.4 Å². The summed E-state index contributed by atoms with van der Waals surface area (Å²) >= 11 is 0. The smallest absolute Gasteiger partial charge is 0.229 e. The number of aryl methyl sites for hydroxylation is 1. The number of fused-ring (bicyclic) bond motifs is 1. The van der Waals surface area contributed by atoms with Crippen molar-refractivity contribution < 1.29 is 19.4 Å². The third kappa shape index (κ3) is 6.45. The van der Waals surface area contributed by atoms with Crippen molar-refractivity contribution in [1.29, 1.82) is 0 Å². The number of nitrogens with zero attached hydrogens (tertiary/aromatic N) is 1. The Morgan fingerprint density at radius 2 is 2.08 bits per heavy atom. The van der Waals surface area contributed by atoms with Crippen LogP contribution < -0.4 is 15.8 Å². The maximum atomic E-state index is 12.7. The van der Waals surface area contributed by atoms with Crippen LogP contribution >= 0.6 is 0 Å². The monoisotopic (exact) mass is 525 g/mol. The first-order valence-corrected chi connectivity index (χ1v) is 13.6. The van der Waals surface area contributed by atoms with Gasteiger partial charge in [-0.1, -0.05) is 36.9 Å². The predicted molar refractivity (Wildman–Crippen MR) is 154 cm³/mol. The molecule has 210 valence electrons. The number of imide groups is 1. The van der Waals surface area contributed by atoms with E-state index >= 15 is 0 Å². The number of hydrogen-bond acceptors (Lipinski definition) is 6. The molecule has 38 heavy (non-hydrogen) atoms. The molecule has 1 saturated heterocycles. The topological polar surface area (TPSA) is 105 Å². The van der Waals surface area contributed by atoms with E-state index in [0.717, 1.165) is 49.2 Å². The molecular formula is C31H47N3O4. The number of carbonyl (C=O) groups is 2. The minimum Gasteiger partial charge on any atom is -0.497 e. The third-order valence-corrected chi connectivity index (χ3v) is 8.57. The molecule has 1 saturated carbocycles. The highest BCUT2D eigenvalue weighted by atomic mass is 16.5. The van der Waals surface area contributed by atoms with Gasteiger partial charge in [0.2, 0.25) is 12.3 Å². The molecule has 0 aromatic heterocycles. The minimum absolute atomic E-state index is 0.0846. The second-order valence-corrected chi connectivity index (χ2v) is 10.3. The summed E-state index contributed by atoms with van der Waals surface area (Å²) in [6.07, 6.45) is 12.7. The Kier molecular flexibility index (Phi) is 11.9. The summed E-state index contributed by atoms with van der Waals surface area (Å²) in [7, 11) is 3.15. The molecular weight excluding hydrogens is 478 g/mol. The van der Waals surface area contributed by atoms with E-state index in [1.54, 1.807) is 7.11 Å². The van der Waals surface area contributed by atoms with Crippen LogP contribution in [0.5, 0.6) is 5.75 Å². The average molecular weight is 526 g/mol. The first-order chi connectivity index (χ1) is 18.3. The number of carbonyl (C=O) groups excluding carboxylic acids is 2. The Hall–Kier alpha value is -2.74. The normalized spacial score (nSPS) is 27.6. The first-order valence-electron chi connectivity index (χ1n) is 13.6. The molecule has 1 aliphatic carbocycles. The molecule has 4 atom stereocenters. The maximum Gasteiger partial charge on any atom is 0.229 e. The van der Waals surface area contributed by atoms with Crippen LogP contribution in [0.1, 0.15) is 63.5 Å². The first kappa shape index (κ1) is 31.5. The van der Waals surface area contributed by atoms with Crippen molar-refractivity contribution >= 4 is 12.3 Å². The second-order valence-electron chi connectivity index (χ2n) is 10.3. The maximum absolute atomic E-state index is 12.7. The number of nitrogens with two attached hydrogens (primary N) is 1. The van der Waals surface area contributed by atoms with E-state index in [0.29, 0.717) is 25.7 Å². The van der Waals surface area contributed by atoms with Crippen LogP contribution in [-0.4, -0.2) is 61.2 Å². The molecule has 2 fully saturated rings. The Bertz CT molecular complexity index is 1020. The molecule has 0 bridgehead atoms. The molecule has 4 N–H and O–H groups in total. The molecule has 1 aliphatic heterocycles. The standard InChI is InChI=1S/C30H42N2O4.CH5N/c1-6-8-10-24(7-2)11-9-17-32-18-16-29(27-19-26(36-5)13-12-22(27)3)20-25(28(34)31-21-33)14-15-30(29,35)23(32)4;1-2/h6-8,10,12-13,19,21,23,25,35H,2,9,11,14-18,20H2,1,3-5H3,(H,31,33,34);2H2,1H3/b8-6-,24-10+;. The van der Waals surface area contributed by atoms with Crippen molar-refractivity contribution in [2.24, 2.45) is 11.7 Å². The molecule has 2 amide bonds. The lowest BCUT2D eigenvalue weighted by Crippen LogP contribution is -2.70. The number of methoxy groups -OCH3 is 1. The van der Waals surface area contributed by atoms with Gasteiger partial charge in [-0.15, -0.1) is 0 Å². The molecule has 4 unspecified atom stereocenters. The van der Waals surface area contributed by atoms with E-state index in [4.69, 9.17) is 4.74 Å². The molecule has 0 radical (unpaired) electrons. The second kappa shape index (κ2) is 14.4. The number of likely N-dealkylation sites (tertiary alicyclic amines) is 1. The van der Waals surface area contributed by atoms with Gasteiger partial charge in [0.05, 0.1) is 12.7 Å². The fraction of sp³-hybridized carbons (Fsp3) is 0.548.